The van der Waals surface area contributed by atoms with Gasteiger partial charge in [-0.1, -0.05) is 18.2 Å². The Bertz CT molecular complexity index is 413. The second-order valence-electron chi connectivity index (χ2n) is 5.71. The number of benzene rings is 1. The van der Waals surface area contributed by atoms with E-state index in [4.69, 9.17) is 5.73 Å². The molecule has 0 aromatic heterocycles. The predicted molar refractivity (Wildman–Crippen MR) is 87.8 cm³/mol. The van der Waals surface area contributed by atoms with Crippen LogP contribution in [0.25, 0.3) is 0 Å². The minimum atomic E-state index is -0.222. The molecule has 1 aromatic carbocycles. The largest absolute Gasteiger partial charge is 0.329 e. The van der Waals surface area contributed by atoms with E-state index in [1.165, 1.54) is 6.07 Å². The van der Waals surface area contributed by atoms with Gasteiger partial charge in [-0.2, -0.15) is 11.8 Å². The van der Waals surface area contributed by atoms with Crippen molar-refractivity contribution < 1.29 is 4.39 Å². The van der Waals surface area contributed by atoms with Crippen LogP contribution in [0.3, 0.4) is 0 Å². The number of nitrogens with two attached hydrogens (primary N) is 1. The summed E-state index contributed by atoms with van der Waals surface area (Å²) in [4.78, 5) is 2.30. The molecule has 0 bridgehead atoms. The van der Waals surface area contributed by atoms with Gasteiger partial charge in [0.05, 0.1) is 0 Å². The SMILES string of the molecule is CSCCC(C)N(C)C(C)(CN)Cc1ccccc1F. The van der Waals surface area contributed by atoms with Gasteiger partial charge in [-0.15, -0.1) is 0 Å². The van der Waals surface area contributed by atoms with Gasteiger partial charge >= 0.3 is 0 Å². The van der Waals surface area contributed by atoms with Gasteiger partial charge in [0, 0.05) is 18.1 Å². The molecule has 2 atom stereocenters. The summed E-state index contributed by atoms with van der Waals surface area (Å²) in [7, 11) is 2.10. The van der Waals surface area contributed by atoms with Crippen LogP contribution in [0.5, 0.6) is 0 Å². The van der Waals surface area contributed by atoms with Crippen LogP contribution < -0.4 is 5.73 Å². The smallest absolute Gasteiger partial charge is 0.126 e. The van der Waals surface area contributed by atoms with Crippen molar-refractivity contribution in [2.75, 3.05) is 25.6 Å². The van der Waals surface area contributed by atoms with Crippen LogP contribution in [-0.2, 0) is 6.42 Å². The molecule has 0 radical (unpaired) electrons. The Hall–Kier alpha value is -0.580. The zero-order valence-electron chi connectivity index (χ0n) is 13.0. The van der Waals surface area contributed by atoms with Crippen LogP contribution in [0, 0.1) is 5.82 Å². The van der Waals surface area contributed by atoms with Gasteiger partial charge in [0.15, 0.2) is 0 Å². The second-order valence-corrected chi connectivity index (χ2v) is 6.70. The Kier molecular flexibility index (Phi) is 7.00. The minimum Gasteiger partial charge on any atom is -0.329 e. The molecule has 0 fully saturated rings. The van der Waals surface area contributed by atoms with Crippen LogP contribution in [0.4, 0.5) is 4.39 Å². The Balaban J connectivity index is 2.82. The van der Waals surface area contributed by atoms with Crippen molar-refractivity contribution in [1.29, 1.82) is 0 Å². The molecule has 0 aliphatic rings. The van der Waals surface area contributed by atoms with E-state index in [-0.39, 0.29) is 11.4 Å². The summed E-state index contributed by atoms with van der Waals surface area (Å²) in [6.07, 6.45) is 3.87. The first-order valence-corrected chi connectivity index (χ1v) is 8.49. The molecule has 0 saturated heterocycles. The van der Waals surface area contributed by atoms with Gasteiger partial charge in [-0.05, 0) is 57.4 Å². The van der Waals surface area contributed by atoms with Gasteiger partial charge in [0.2, 0.25) is 0 Å². The molecule has 2 unspecified atom stereocenters. The molecule has 20 heavy (non-hydrogen) atoms. The van der Waals surface area contributed by atoms with Crippen molar-refractivity contribution in [3.63, 3.8) is 0 Å². The maximum Gasteiger partial charge on any atom is 0.126 e. The van der Waals surface area contributed by atoms with Gasteiger partial charge in [-0.3, -0.25) is 4.90 Å². The van der Waals surface area contributed by atoms with Crippen molar-refractivity contribution in [2.24, 2.45) is 5.73 Å². The van der Waals surface area contributed by atoms with Gasteiger partial charge in [-0.25, -0.2) is 4.39 Å². The number of rotatable bonds is 8. The highest BCUT2D eigenvalue weighted by Crippen LogP contribution is 2.24. The normalized spacial score (nSPS) is 16.1. The summed E-state index contributed by atoms with van der Waals surface area (Å²) in [5, 5.41) is 0. The summed E-state index contributed by atoms with van der Waals surface area (Å²) < 4.78 is 13.9. The molecule has 0 heterocycles. The van der Waals surface area contributed by atoms with E-state index >= 15 is 0 Å². The lowest BCUT2D eigenvalue weighted by Gasteiger charge is -2.42. The number of nitrogens with zero attached hydrogens (tertiary/aromatic N) is 1. The van der Waals surface area contributed by atoms with Crippen LogP contribution in [0.2, 0.25) is 0 Å². The molecular formula is C16H27FN2S. The molecule has 2 nitrogen and oxygen atoms in total. The highest BCUT2D eigenvalue weighted by atomic mass is 32.2. The van der Waals surface area contributed by atoms with E-state index in [1.807, 2.05) is 23.9 Å². The molecule has 114 valence electrons. The minimum absolute atomic E-state index is 0.141. The van der Waals surface area contributed by atoms with Crippen molar-refractivity contribution in [3.05, 3.63) is 35.6 Å². The molecule has 2 N–H and O–H groups in total. The third-order valence-electron chi connectivity index (χ3n) is 4.22. The molecule has 1 aromatic rings. The van der Waals surface area contributed by atoms with E-state index in [0.29, 0.717) is 19.0 Å². The third kappa shape index (κ3) is 4.47. The lowest BCUT2D eigenvalue weighted by molar-refractivity contribution is 0.0977. The van der Waals surface area contributed by atoms with Gasteiger partial charge < -0.3 is 5.73 Å². The molecule has 0 saturated carbocycles. The molecule has 0 amide bonds. The van der Waals surface area contributed by atoms with Crippen LogP contribution in [-0.4, -0.2) is 42.1 Å². The highest BCUT2D eigenvalue weighted by molar-refractivity contribution is 7.98. The molecule has 0 aliphatic carbocycles. The number of hydrogen-bond donors (Lipinski definition) is 1. The molecule has 0 aliphatic heterocycles. The van der Waals surface area contributed by atoms with E-state index in [0.717, 1.165) is 17.7 Å². The van der Waals surface area contributed by atoms with E-state index in [1.54, 1.807) is 6.07 Å². The summed E-state index contributed by atoms with van der Waals surface area (Å²) in [5.41, 5.74) is 6.52. The Morgan fingerprint density at radius 1 is 1.40 bits per heavy atom. The standard InChI is InChI=1S/C16H27FN2S/c1-13(9-10-20-4)19(3)16(2,12-18)11-14-7-5-6-8-15(14)17/h5-8,13H,9-12,18H2,1-4H3. The van der Waals surface area contributed by atoms with E-state index in [2.05, 4.69) is 32.1 Å². The second kappa shape index (κ2) is 8.01. The Labute approximate surface area is 126 Å². The van der Waals surface area contributed by atoms with Crippen molar-refractivity contribution in [1.82, 2.24) is 4.90 Å². The van der Waals surface area contributed by atoms with Crippen molar-refractivity contribution >= 4 is 11.8 Å². The monoisotopic (exact) mass is 298 g/mol. The number of hydrogen-bond acceptors (Lipinski definition) is 3. The highest BCUT2D eigenvalue weighted by Gasteiger charge is 2.31. The lowest BCUT2D eigenvalue weighted by Crippen LogP contribution is -2.54. The summed E-state index contributed by atoms with van der Waals surface area (Å²) in [6.45, 7) is 4.85. The first kappa shape index (κ1) is 17.5. The third-order valence-corrected chi connectivity index (χ3v) is 4.87. The average molecular weight is 298 g/mol. The topological polar surface area (TPSA) is 29.3 Å². The molecule has 1 rings (SSSR count). The molecule has 4 heteroatoms. The summed E-state index contributed by atoms with van der Waals surface area (Å²) >= 11 is 1.85. The quantitative estimate of drug-likeness (QED) is 0.799. The van der Waals surface area contributed by atoms with Gasteiger partial charge in [0.25, 0.3) is 0 Å². The first-order valence-electron chi connectivity index (χ1n) is 7.10. The van der Waals surface area contributed by atoms with E-state index < -0.39 is 0 Å². The van der Waals surface area contributed by atoms with Crippen molar-refractivity contribution in [2.45, 2.75) is 38.3 Å². The zero-order chi connectivity index (χ0) is 15.2. The van der Waals surface area contributed by atoms with Gasteiger partial charge in [0.1, 0.15) is 5.82 Å². The van der Waals surface area contributed by atoms with Crippen LogP contribution >= 0.6 is 11.8 Å². The molecule has 0 spiro atoms. The summed E-state index contributed by atoms with van der Waals surface area (Å²) in [5.74, 6) is 0.989. The number of likely N-dealkylation sites (N-methyl/N-ethyl adjacent to an activating group) is 1. The first-order chi connectivity index (χ1) is 9.44. The zero-order valence-corrected chi connectivity index (χ0v) is 13.8. The maximum absolute atomic E-state index is 13.9. The summed E-state index contributed by atoms with van der Waals surface area (Å²) in [6, 6.07) is 7.41. The Morgan fingerprint density at radius 3 is 2.60 bits per heavy atom. The maximum atomic E-state index is 13.9. The fourth-order valence-corrected chi connectivity index (χ4v) is 2.98. The molecular weight excluding hydrogens is 271 g/mol. The van der Waals surface area contributed by atoms with Crippen LogP contribution in [0.15, 0.2) is 24.3 Å². The predicted octanol–water partition coefficient (Wildman–Crippen LogP) is 3.16. The van der Waals surface area contributed by atoms with Crippen molar-refractivity contribution in [3.8, 4) is 0 Å². The fraction of sp³-hybridized carbons (Fsp3) is 0.625. The average Bonchev–Trinajstić information content (AvgIpc) is 2.46. The fourth-order valence-electron chi connectivity index (χ4n) is 2.41. The Morgan fingerprint density at radius 2 is 2.05 bits per heavy atom. The lowest BCUT2D eigenvalue weighted by atomic mass is 9.89. The number of halogens is 1. The number of thioether (sulfide) groups is 1. The van der Waals surface area contributed by atoms with E-state index in [9.17, 15) is 4.39 Å². The van der Waals surface area contributed by atoms with Crippen LogP contribution in [0.1, 0.15) is 25.8 Å².